The first-order chi connectivity index (χ1) is 39.9. The Kier molecular flexibility index (Phi) is 20.8. The average Bonchev–Trinajstić information content (AvgIpc) is 3.40. The van der Waals surface area contributed by atoms with E-state index in [1.807, 2.05) is 0 Å². The molecule has 2 saturated heterocycles. The van der Waals surface area contributed by atoms with Crippen molar-refractivity contribution in [3.63, 3.8) is 0 Å². The Balaban J connectivity index is 0.000000175. The van der Waals surface area contributed by atoms with Crippen LogP contribution in [0.2, 0.25) is 20.1 Å². The van der Waals surface area contributed by atoms with Crippen molar-refractivity contribution in [3.05, 3.63) is 127 Å². The number of halogens is 8. The molecule has 0 aromatic heterocycles. The summed E-state index contributed by atoms with van der Waals surface area (Å²) in [5.74, 6) is -5.55. The largest absolute Gasteiger partial charge is 0.481 e. The second-order valence-electron chi connectivity index (χ2n) is 22.6. The molecule has 3 aliphatic carbocycles. The molecule has 5 aromatic carbocycles. The van der Waals surface area contributed by atoms with Crippen LogP contribution in [0.1, 0.15) is 86.5 Å². The maximum atomic E-state index is 13.6. The molecule has 0 spiro atoms. The Hall–Kier alpha value is -5.36. The lowest BCUT2D eigenvalue weighted by Crippen LogP contribution is -2.39. The Labute approximate surface area is 512 Å². The molecule has 1 amide bonds. The maximum absolute atomic E-state index is 13.6. The van der Waals surface area contributed by atoms with Gasteiger partial charge in [-0.05, 0) is 127 Å². The van der Waals surface area contributed by atoms with Crippen molar-refractivity contribution in [3.8, 4) is 0 Å². The van der Waals surface area contributed by atoms with Crippen molar-refractivity contribution in [1.82, 2.24) is 0 Å². The molecule has 5 aromatic rings. The molecule has 0 unspecified atom stereocenters. The zero-order valence-corrected chi connectivity index (χ0v) is 51.6. The summed E-state index contributed by atoms with van der Waals surface area (Å²) < 4.78 is 128. The van der Waals surface area contributed by atoms with Gasteiger partial charge in [-0.15, -0.1) is 0 Å². The summed E-state index contributed by atoms with van der Waals surface area (Å²) in [6.07, 6.45) is 4.54. The van der Waals surface area contributed by atoms with Gasteiger partial charge in [-0.1, -0.05) is 82.8 Å². The van der Waals surface area contributed by atoms with Gasteiger partial charge in [0.2, 0.25) is 5.91 Å². The molecule has 0 bridgehead atoms. The molecule has 2 heterocycles. The first kappa shape index (κ1) is 65.6. The van der Waals surface area contributed by atoms with Crippen LogP contribution in [0.5, 0.6) is 0 Å². The van der Waals surface area contributed by atoms with Gasteiger partial charge in [0.15, 0.2) is 29.5 Å². The molecule has 26 heteroatoms. The van der Waals surface area contributed by atoms with Gasteiger partial charge < -0.3 is 31.7 Å². The fourth-order valence-electron chi connectivity index (χ4n) is 9.83. The molecule has 10 rings (SSSR count). The number of nitrogens with two attached hydrogens (primary N) is 2. The smallest absolute Gasteiger partial charge is 0.307 e. The highest BCUT2D eigenvalue weighted by atomic mass is 35.5. The highest BCUT2D eigenvalue weighted by molar-refractivity contribution is 7.92. The van der Waals surface area contributed by atoms with E-state index in [9.17, 15) is 57.2 Å². The topological polar surface area (TPSA) is 244 Å². The predicted molar refractivity (Wildman–Crippen MR) is 324 cm³/mol. The normalized spacial score (nSPS) is 17.6. The molecular weight excluding hydrogens is 1250 g/mol. The molecule has 15 nitrogen and oxygen atoms in total. The van der Waals surface area contributed by atoms with Crippen molar-refractivity contribution in [1.29, 1.82) is 0 Å². The van der Waals surface area contributed by atoms with E-state index in [0.717, 1.165) is 38.5 Å². The van der Waals surface area contributed by atoms with Crippen LogP contribution < -0.4 is 26.6 Å². The van der Waals surface area contributed by atoms with E-state index in [1.165, 1.54) is 30.3 Å². The standard InChI is InChI=1S/C24H26Cl2F2N2O3S.C23H25Cl2F2N3O3S.C12H14O4S/c25-20-13-17(22(29)21(26)23(20)30-9-7-24(27,28)8-10-30)12-18(31)11-15-3-5-19(6-4-15)34(32,33)14-16-1-2-16;24-17-12-18(28)21(20(25)22(17)30-9-7-23(26,27)8-10-30)29-19(31)11-14-3-5-16(6-4-14)34(32,33)13-15-1-2-15;13-12(14)7-9-3-5-11(6-4-9)17(15,16)8-10-1-2-10/h3-6,13,16H,1-2,7-12,14,29H2;3-6,12,15H,1-2,7-11,13,28H2,(H,29,31);3-6,10H,1-2,7-8H2,(H,13,14). The lowest BCUT2D eigenvalue weighted by atomic mass is 10.00. The quantitative estimate of drug-likeness (QED) is 0.0418. The molecule has 0 atom stereocenters. The van der Waals surface area contributed by atoms with E-state index in [4.69, 9.17) is 63.0 Å². The number of nitrogens with zero attached hydrogens (tertiary/aromatic N) is 2. The highest BCUT2D eigenvalue weighted by Gasteiger charge is 2.38. The van der Waals surface area contributed by atoms with Gasteiger partial charge in [-0.3, -0.25) is 14.4 Å². The number of piperidine rings is 2. The van der Waals surface area contributed by atoms with E-state index in [1.54, 1.807) is 64.4 Å². The molecule has 85 heavy (non-hydrogen) atoms. The second-order valence-corrected chi connectivity index (χ2v) is 30.2. The number of hydrogen-bond acceptors (Lipinski definition) is 13. The third kappa shape index (κ3) is 18.4. The zero-order valence-electron chi connectivity index (χ0n) is 46.1. The van der Waals surface area contributed by atoms with Gasteiger partial charge in [-0.2, -0.15) is 0 Å². The first-order valence-corrected chi connectivity index (χ1v) is 34.1. The Bertz CT molecular complexity index is 3630. The van der Waals surface area contributed by atoms with Crippen molar-refractivity contribution in [2.24, 2.45) is 17.8 Å². The van der Waals surface area contributed by atoms with Crippen molar-refractivity contribution >= 4 is 122 Å². The predicted octanol–water partition coefficient (Wildman–Crippen LogP) is 12.0. The van der Waals surface area contributed by atoms with E-state index in [-0.39, 0.29) is 159 Å². The van der Waals surface area contributed by atoms with Gasteiger partial charge in [0.05, 0.1) is 93.3 Å². The summed E-state index contributed by atoms with van der Waals surface area (Å²) in [4.78, 5) is 40.0. The summed E-state index contributed by atoms with van der Waals surface area (Å²) in [7, 11) is -9.82. The fraction of sp³-hybridized carbons (Fsp3) is 0.441. The van der Waals surface area contributed by atoms with Crippen molar-refractivity contribution in [2.75, 3.05) is 70.0 Å². The zero-order chi connectivity index (χ0) is 61.8. The third-order valence-corrected chi connectivity index (χ3v) is 22.3. The monoisotopic (exact) mass is 1320 g/mol. The van der Waals surface area contributed by atoms with E-state index in [2.05, 4.69) is 5.32 Å². The molecule has 5 fully saturated rings. The SMILES string of the molecule is Nc1c(CC(=O)Cc2ccc(S(=O)(=O)CC3CC3)cc2)cc(Cl)c(N2CCC(F)(F)CC2)c1Cl.Nc1cc(Cl)c(N2CCC(F)(F)CC2)c(Cl)c1NC(=O)Cc1ccc(S(=O)(=O)CC2CC2)cc1.O=C(O)Cc1ccc(S(=O)(=O)CC2CC2)cc1. The third-order valence-electron chi connectivity index (χ3n) is 15.2. The van der Waals surface area contributed by atoms with Gasteiger partial charge in [0, 0.05) is 64.7 Å². The molecule has 2 aliphatic heterocycles. The van der Waals surface area contributed by atoms with Crippen LogP contribution >= 0.6 is 46.4 Å². The number of ketones is 1. The van der Waals surface area contributed by atoms with Gasteiger partial charge in [0.25, 0.3) is 11.8 Å². The number of hydrogen-bond donors (Lipinski definition) is 4. The van der Waals surface area contributed by atoms with E-state index < -0.39 is 53.2 Å². The van der Waals surface area contributed by atoms with Gasteiger partial charge >= 0.3 is 5.97 Å². The van der Waals surface area contributed by atoms with Crippen LogP contribution in [0, 0.1) is 17.8 Å². The van der Waals surface area contributed by atoms with Crippen LogP contribution in [0.3, 0.4) is 0 Å². The number of aliphatic carboxylic acids is 1. The molecule has 5 aliphatic rings. The summed E-state index contributed by atoms with van der Waals surface area (Å²) in [5, 5.41) is 12.0. The number of carboxylic acid groups (broad SMARTS) is 1. The molecule has 3 saturated carbocycles. The number of Topliss-reactive ketones (excluding diaryl/α,β-unsaturated/α-hetero) is 1. The summed E-state index contributed by atoms with van der Waals surface area (Å²) in [6, 6.07) is 21.7. The molecule has 460 valence electrons. The Morgan fingerprint density at radius 1 is 0.529 bits per heavy atom. The fourth-order valence-corrected chi connectivity index (χ4v) is 16.4. The van der Waals surface area contributed by atoms with Crippen molar-refractivity contribution < 1.29 is 62.3 Å². The minimum Gasteiger partial charge on any atom is -0.481 e. The summed E-state index contributed by atoms with van der Waals surface area (Å²) in [5.41, 5.74) is 15.9. The molecule has 6 N–H and O–H groups in total. The summed E-state index contributed by atoms with van der Waals surface area (Å²) >= 11 is 25.7. The minimum absolute atomic E-state index is 0.00858. The van der Waals surface area contributed by atoms with Crippen LogP contribution in [-0.2, 0) is 69.6 Å². The number of carbonyl (C=O) groups excluding carboxylic acids is 2. The lowest BCUT2D eigenvalue weighted by molar-refractivity contribution is -0.136. The first-order valence-electron chi connectivity index (χ1n) is 27.7. The number of carbonyl (C=O) groups is 3. The number of rotatable bonds is 20. The molecule has 0 radical (unpaired) electrons. The number of sulfone groups is 3. The van der Waals surface area contributed by atoms with E-state index in [0.29, 0.717) is 44.4 Å². The summed E-state index contributed by atoms with van der Waals surface area (Å²) in [6.45, 7) is 0.354. The number of amides is 1. The number of anilines is 5. The number of alkyl halides is 4. The lowest BCUT2D eigenvalue weighted by Gasteiger charge is -2.35. The Morgan fingerprint density at radius 2 is 0.882 bits per heavy atom. The van der Waals surface area contributed by atoms with Gasteiger partial charge in [-0.25, -0.2) is 42.8 Å². The number of carboxylic acids is 1. The highest BCUT2D eigenvalue weighted by Crippen LogP contribution is 2.46. The maximum Gasteiger partial charge on any atom is 0.307 e. The number of nitrogens with one attached hydrogen (secondary N) is 1. The number of nitrogen functional groups attached to an aromatic ring is 2. The second kappa shape index (κ2) is 26.9. The van der Waals surface area contributed by atoms with Crippen LogP contribution in [-0.4, -0.2) is 103 Å². The Morgan fingerprint density at radius 3 is 1.26 bits per heavy atom. The average molecular weight is 1320 g/mol. The van der Waals surface area contributed by atoms with Crippen LogP contribution in [0.15, 0.2) is 99.6 Å². The van der Waals surface area contributed by atoms with Crippen molar-refractivity contribution in [2.45, 2.75) is 116 Å². The van der Waals surface area contributed by atoms with Gasteiger partial charge in [0.1, 0.15) is 5.78 Å². The van der Waals surface area contributed by atoms with E-state index >= 15 is 0 Å². The minimum atomic E-state index is -3.33. The number of benzene rings is 5. The van der Waals surface area contributed by atoms with Crippen LogP contribution in [0.25, 0.3) is 0 Å². The van der Waals surface area contributed by atoms with Crippen LogP contribution in [0.4, 0.5) is 46.0 Å². The molecular formula is C59H65Cl4F4N5O10S3.